The third-order valence-corrected chi connectivity index (χ3v) is 4.24. The van der Waals surface area contributed by atoms with Crippen molar-refractivity contribution in [3.05, 3.63) is 23.8 Å². The molecule has 3 heteroatoms. The van der Waals surface area contributed by atoms with Crippen LogP contribution in [-0.4, -0.2) is 26.8 Å². The molecular weight excluding hydrogens is 262 g/mol. The molecule has 0 aliphatic carbocycles. The van der Waals surface area contributed by atoms with Gasteiger partial charge in [-0.25, -0.2) is 0 Å². The maximum Gasteiger partial charge on any atom is 0.123 e. The van der Waals surface area contributed by atoms with Gasteiger partial charge in [-0.2, -0.15) is 0 Å². The molecule has 0 saturated carbocycles. The summed E-state index contributed by atoms with van der Waals surface area (Å²) in [4.78, 5) is 0. The summed E-state index contributed by atoms with van der Waals surface area (Å²) < 4.78 is 11.4. The van der Waals surface area contributed by atoms with Crippen molar-refractivity contribution in [3.8, 4) is 11.5 Å². The van der Waals surface area contributed by atoms with Crippen LogP contribution in [0.5, 0.6) is 11.5 Å². The number of methoxy groups -OCH3 is 1. The molecule has 0 atom stereocenters. The van der Waals surface area contributed by atoms with Crippen molar-refractivity contribution in [2.24, 2.45) is 5.92 Å². The van der Waals surface area contributed by atoms with Crippen LogP contribution in [0.2, 0.25) is 0 Å². The normalized spacial score (nSPS) is 16.8. The van der Waals surface area contributed by atoms with Crippen molar-refractivity contribution >= 4 is 0 Å². The molecule has 0 spiro atoms. The molecule has 0 aromatic heterocycles. The van der Waals surface area contributed by atoms with Gasteiger partial charge < -0.3 is 14.8 Å². The van der Waals surface area contributed by atoms with Gasteiger partial charge in [0.25, 0.3) is 0 Å². The molecule has 1 aromatic carbocycles. The Bertz CT molecular complexity index is 445. The molecule has 21 heavy (non-hydrogen) atoms. The van der Waals surface area contributed by atoms with Crippen molar-refractivity contribution in [2.75, 3.05) is 26.8 Å². The number of ether oxygens (including phenoxy) is 2. The van der Waals surface area contributed by atoms with Crippen LogP contribution < -0.4 is 14.8 Å². The van der Waals surface area contributed by atoms with Crippen molar-refractivity contribution in [3.63, 3.8) is 0 Å². The van der Waals surface area contributed by atoms with Crippen LogP contribution in [0.1, 0.15) is 45.6 Å². The Labute approximate surface area is 129 Å². The molecule has 1 fully saturated rings. The lowest BCUT2D eigenvalue weighted by Gasteiger charge is -2.25. The third-order valence-electron chi connectivity index (χ3n) is 4.24. The number of piperidine rings is 1. The monoisotopic (exact) mass is 291 g/mol. The zero-order valence-electron chi connectivity index (χ0n) is 13.9. The fourth-order valence-corrected chi connectivity index (χ4v) is 2.85. The standard InChI is InChI=1S/C18H29NO2/c1-18(2,3)16-13-15(20-4)5-6-17(16)21-12-9-14-7-10-19-11-8-14/h5-6,13-14,19H,7-12H2,1-4H3. The molecular formula is C18H29NO2. The van der Waals surface area contributed by atoms with Gasteiger partial charge in [-0.3, -0.25) is 0 Å². The van der Waals surface area contributed by atoms with Crippen LogP contribution >= 0.6 is 0 Å². The predicted octanol–water partition coefficient (Wildman–Crippen LogP) is 3.76. The Morgan fingerprint density at radius 3 is 2.52 bits per heavy atom. The lowest BCUT2D eigenvalue weighted by Crippen LogP contribution is -2.28. The largest absolute Gasteiger partial charge is 0.497 e. The minimum Gasteiger partial charge on any atom is -0.497 e. The zero-order valence-corrected chi connectivity index (χ0v) is 13.9. The van der Waals surface area contributed by atoms with E-state index in [9.17, 15) is 0 Å². The molecule has 0 amide bonds. The zero-order chi connectivity index (χ0) is 15.3. The summed E-state index contributed by atoms with van der Waals surface area (Å²) >= 11 is 0. The van der Waals surface area contributed by atoms with Crippen molar-refractivity contribution in [1.29, 1.82) is 0 Å². The van der Waals surface area contributed by atoms with Gasteiger partial charge in [-0.05, 0) is 61.9 Å². The SMILES string of the molecule is COc1ccc(OCCC2CCNCC2)c(C(C)(C)C)c1. The highest BCUT2D eigenvalue weighted by atomic mass is 16.5. The summed E-state index contributed by atoms with van der Waals surface area (Å²) in [6, 6.07) is 6.12. The van der Waals surface area contributed by atoms with E-state index in [0.29, 0.717) is 0 Å². The molecule has 1 saturated heterocycles. The molecule has 0 radical (unpaired) electrons. The highest BCUT2D eigenvalue weighted by Gasteiger charge is 2.20. The van der Waals surface area contributed by atoms with E-state index in [2.05, 4.69) is 32.2 Å². The van der Waals surface area contributed by atoms with Crippen LogP contribution in [0.4, 0.5) is 0 Å². The van der Waals surface area contributed by atoms with Crippen molar-refractivity contribution in [2.45, 2.75) is 45.4 Å². The van der Waals surface area contributed by atoms with Crippen molar-refractivity contribution in [1.82, 2.24) is 5.32 Å². The molecule has 0 unspecified atom stereocenters. The fraction of sp³-hybridized carbons (Fsp3) is 0.667. The van der Waals surface area contributed by atoms with Crippen LogP contribution in [0.25, 0.3) is 0 Å². The summed E-state index contributed by atoms with van der Waals surface area (Å²) in [6.07, 6.45) is 3.70. The van der Waals surface area contributed by atoms with Crippen LogP contribution in [0, 0.1) is 5.92 Å². The van der Waals surface area contributed by atoms with E-state index in [4.69, 9.17) is 9.47 Å². The molecule has 1 heterocycles. The van der Waals surface area contributed by atoms with Gasteiger partial charge in [-0.15, -0.1) is 0 Å². The van der Waals surface area contributed by atoms with Gasteiger partial charge in [0.05, 0.1) is 13.7 Å². The highest BCUT2D eigenvalue weighted by molar-refractivity contribution is 5.44. The van der Waals surface area contributed by atoms with Gasteiger partial charge in [0.1, 0.15) is 11.5 Å². The third kappa shape index (κ3) is 4.63. The Kier molecular flexibility index (Phi) is 5.51. The molecule has 3 nitrogen and oxygen atoms in total. The first-order valence-corrected chi connectivity index (χ1v) is 8.03. The summed E-state index contributed by atoms with van der Waals surface area (Å²) in [5.41, 5.74) is 1.27. The van der Waals surface area contributed by atoms with Gasteiger partial charge in [0, 0.05) is 5.56 Å². The highest BCUT2D eigenvalue weighted by Crippen LogP contribution is 2.34. The van der Waals surface area contributed by atoms with Gasteiger partial charge in [-0.1, -0.05) is 20.8 Å². The van der Waals surface area contributed by atoms with Crippen molar-refractivity contribution < 1.29 is 9.47 Å². The lowest BCUT2D eigenvalue weighted by molar-refractivity contribution is 0.247. The van der Waals surface area contributed by atoms with E-state index >= 15 is 0 Å². The number of nitrogens with one attached hydrogen (secondary N) is 1. The van der Waals surface area contributed by atoms with E-state index in [0.717, 1.165) is 43.5 Å². The van der Waals surface area contributed by atoms with Crippen LogP contribution in [0.15, 0.2) is 18.2 Å². The second-order valence-corrected chi connectivity index (χ2v) is 6.94. The first-order chi connectivity index (χ1) is 10.0. The summed E-state index contributed by atoms with van der Waals surface area (Å²) in [7, 11) is 1.71. The smallest absolute Gasteiger partial charge is 0.123 e. The second-order valence-electron chi connectivity index (χ2n) is 6.94. The van der Waals surface area contributed by atoms with Gasteiger partial charge in [0.2, 0.25) is 0 Å². The minimum absolute atomic E-state index is 0.0542. The average molecular weight is 291 g/mol. The van der Waals surface area contributed by atoms with E-state index < -0.39 is 0 Å². The van der Waals surface area contributed by atoms with Gasteiger partial charge >= 0.3 is 0 Å². The Balaban J connectivity index is 1.98. The molecule has 1 aromatic rings. The number of benzene rings is 1. The van der Waals surface area contributed by atoms with E-state index in [1.165, 1.54) is 18.4 Å². The molecule has 1 aliphatic heterocycles. The topological polar surface area (TPSA) is 30.5 Å². The predicted molar refractivity (Wildman–Crippen MR) is 87.4 cm³/mol. The Morgan fingerprint density at radius 2 is 1.90 bits per heavy atom. The molecule has 118 valence electrons. The minimum atomic E-state index is 0.0542. The number of hydrogen-bond acceptors (Lipinski definition) is 3. The number of rotatable bonds is 5. The Morgan fingerprint density at radius 1 is 1.19 bits per heavy atom. The van der Waals surface area contributed by atoms with E-state index in [-0.39, 0.29) is 5.41 Å². The first kappa shape index (κ1) is 16.2. The maximum absolute atomic E-state index is 6.09. The first-order valence-electron chi connectivity index (χ1n) is 8.03. The second kappa shape index (κ2) is 7.17. The summed E-state index contributed by atoms with van der Waals surface area (Å²) in [5.74, 6) is 2.70. The molecule has 1 N–H and O–H groups in total. The maximum atomic E-state index is 6.09. The van der Waals surface area contributed by atoms with Crippen LogP contribution in [0.3, 0.4) is 0 Å². The number of hydrogen-bond donors (Lipinski definition) is 1. The van der Waals surface area contributed by atoms with Crippen LogP contribution in [-0.2, 0) is 5.41 Å². The summed E-state index contributed by atoms with van der Waals surface area (Å²) in [6.45, 7) is 9.74. The average Bonchev–Trinajstić information content (AvgIpc) is 2.47. The Hall–Kier alpha value is -1.22. The quantitative estimate of drug-likeness (QED) is 0.896. The van der Waals surface area contributed by atoms with E-state index in [1.807, 2.05) is 12.1 Å². The van der Waals surface area contributed by atoms with Gasteiger partial charge in [0.15, 0.2) is 0 Å². The lowest BCUT2D eigenvalue weighted by atomic mass is 9.86. The van der Waals surface area contributed by atoms with E-state index in [1.54, 1.807) is 7.11 Å². The molecule has 0 bridgehead atoms. The fourth-order valence-electron chi connectivity index (χ4n) is 2.85. The molecule has 2 rings (SSSR count). The molecule has 1 aliphatic rings. The summed E-state index contributed by atoms with van der Waals surface area (Å²) in [5, 5.41) is 3.41.